The van der Waals surface area contributed by atoms with Crippen LogP contribution in [0.15, 0.2) is 0 Å². The van der Waals surface area contributed by atoms with Crippen molar-refractivity contribution in [3.8, 4) is 0 Å². The van der Waals surface area contributed by atoms with Gasteiger partial charge < -0.3 is 5.11 Å². The van der Waals surface area contributed by atoms with Gasteiger partial charge in [0, 0.05) is 6.42 Å². The molecule has 108 valence electrons. The molecule has 0 saturated heterocycles. The molecule has 0 saturated carbocycles. The minimum absolute atomic E-state index is 0.339. The van der Waals surface area contributed by atoms with Gasteiger partial charge in [0.25, 0.3) is 0 Å². The number of unbranched alkanes of at least 4 members (excludes halogenated alkanes) is 5. The summed E-state index contributed by atoms with van der Waals surface area (Å²) in [5.74, 6) is 1.08. The Morgan fingerprint density at radius 1 is 0.944 bits per heavy atom. The quantitative estimate of drug-likeness (QED) is 0.483. The number of carbonyl (C=O) groups is 1. The molecular formula is C16H32O2. The molecule has 0 spiro atoms. The maximum absolute atomic E-state index is 10.3. The number of aliphatic carboxylic acids is 1. The third-order valence-electron chi connectivity index (χ3n) is 3.84. The Bertz CT molecular complexity index is 201. The van der Waals surface area contributed by atoms with Gasteiger partial charge in [0.15, 0.2) is 0 Å². The summed E-state index contributed by atoms with van der Waals surface area (Å²) in [6.45, 7) is 6.99. The van der Waals surface area contributed by atoms with Gasteiger partial charge in [-0.05, 0) is 24.7 Å². The Morgan fingerprint density at radius 2 is 1.50 bits per heavy atom. The van der Waals surface area contributed by atoms with Crippen LogP contribution in [0.3, 0.4) is 0 Å². The van der Waals surface area contributed by atoms with Crippen LogP contribution < -0.4 is 0 Å². The molecule has 0 unspecified atom stereocenters. The molecule has 0 amide bonds. The van der Waals surface area contributed by atoms with Crippen LogP contribution in [-0.2, 0) is 4.79 Å². The third-order valence-corrected chi connectivity index (χ3v) is 3.84. The lowest BCUT2D eigenvalue weighted by Crippen LogP contribution is -2.02. The average molecular weight is 256 g/mol. The van der Waals surface area contributed by atoms with Crippen molar-refractivity contribution in [1.82, 2.24) is 0 Å². The summed E-state index contributed by atoms with van der Waals surface area (Å²) in [4.78, 5) is 10.3. The fraction of sp³-hybridized carbons (Fsp3) is 0.938. The molecule has 0 rings (SSSR count). The predicted molar refractivity (Wildman–Crippen MR) is 77.8 cm³/mol. The Hall–Kier alpha value is -0.530. The second-order valence-corrected chi connectivity index (χ2v) is 5.91. The summed E-state index contributed by atoms with van der Waals surface area (Å²) in [7, 11) is 0. The van der Waals surface area contributed by atoms with E-state index >= 15 is 0 Å². The summed E-state index contributed by atoms with van der Waals surface area (Å²) < 4.78 is 0. The van der Waals surface area contributed by atoms with Gasteiger partial charge in [-0.15, -0.1) is 0 Å². The highest BCUT2D eigenvalue weighted by Crippen LogP contribution is 2.20. The zero-order valence-corrected chi connectivity index (χ0v) is 12.6. The van der Waals surface area contributed by atoms with E-state index in [1.165, 1.54) is 44.9 Å². The Labute approximate surface area is 113 Å². The van der Waals surface area contributed by atoms with E-state index in [9.17, 15) is 4.79 Å². The van der Waals surface area contributed by atoms with Crippen LogP contribution in [0.5, 0.6) is 0 Å². The lowest BCUT2D eigenvalue weighted by atomic mass is 9.91. The molecule has 0 heterocycles. The van der Waals surface area contributed by atoms with E-state index in [1.807, 2.05) is 0 Å². The van der Waals surface area contributed by atoms with Crippen molar-refractivity contribution >= 4 is 5.97 Å². The van der Waals surface area contributed by atoms with Gasteiger partial charge in [-0.3, -0.25) is 4.79 Å². The molecule has 18 heavy (non-hydrogen) atoms. The highest BCUT2D eigenvalue weighted by atomic mass is 16.4. The molecule has 2 atom stereocenters. The standard InChI is InChI=1S/C16H32O2/c1-4-14(2)13-15(3)11-9-7-5-6-8-10-12-16(17)18/h14-15H,4-13H2,1-3H3,(H,17,18)/t14-,15-/m1/s1. The molecule has 0 aliphatic rings. The Balaban J connectivity index is 3.22. The van der Waals surface area contributed by atoms with E-state index in [-0.39, 0.29) is 0 Å². The van der Waals surface area contributed by atoms with Crippen LogP contribution in [0.2, 0.25) is 0 Å². The fourth-order valence-corrected chi connectivity index (χ4v) is 2.45. The normalized spacial score (nSPS) is 14.4. The summed E-state index contributed by atoms with van der Waals surface area (Å²) in [6.07, 6.45) is 11.4. The first-order valence-corrected chi connectivity index (χ1v) is 7.78. The van der Waals surface area contributed by atoms with Crippen molar-refractivity contribution in [2.24, 2.45) is 11.8 Å². The monoisotopic (exact) mass is 256 g/mol. The van der Waals surface area contributed by atoms with E-state index < -0.39 is 5.97 Å². The number of hydrogen-bond donors (Lipinski definition) is 1. The Morgan fingerprint density at radius 3 is 2.06 bits per heavy atom. The van der Waals surface area contributed by atoms with Crippen molar-refractivity contribution in [3.05, 3.63) is 0 Å². The fourth-order valence-electron chi connectivity index (χ4n) is 2.45. The van der Waals surface area contributed by atoms with Crippen molar-refractivity contribution < 1.29 is 9.90 Å². The van der Waals surface area contributed by atoms with E-state index in [0.29, 0.717) is 6.42 Å². The van der Waals surface area contributed by atoms with Crippen LogP contribution in [0.25, 0.3) is 0 Å². The van der Waals surface area contributed by atoms with Crippen molar-refractivity contribution in [3.63, 3.8) is 0 Å². The smallest absolute Gasteiger partial charge is 0.303 e. The molecule has 0 aromatic carbocycles. The molecule has 2 nitrogen and oxygen atoms in total. The minimum atomic E-state index is -0.658. The molecule has 2 heteroatoms. The molecular weight excluding hydrogens is 224 g/mol. The molecule has 0 aromatic heterocycles. The van der Waals surface area contributed by atoms with Gasteiger partial charge in [0.05, 0.1) is 0 Å². The van der Waals surface area contributed by atoms with Crippen molar-refractivity contribution in [1.29, 1.82) is 0 Å². The SMILES string of the molecule is CC[C@@H](C)C[C@H](C)CCCCCCCCC(=O)O. The first-order chi connectivity index (χ1) is 8.56. The van der Waals surface area contributed by atoms with Gasteiger partial charge in [-0.25, -0.2) is 0 Å². The number of hydrogen-bond acceptors (Lipinski definition) is 1. The zero-order chi connectivity index (χ0) is 13.8. The number of carboxylic acids is 1. The predicted octanol–water partition coefficient (Wildman–Crippen LogP) is 5.26. The van der Waals surface area contributed by atoms with Crippen LogP contribution in [0.4, 0.5) is 0 Å². The zero-order valence-electron chi connectivity index (χ0n) is 12.6. The van der Waals surface area contributed by atoms with Crippen LogP contribution in [0, 0.1) is 11.8 Å². The largest absolute Gasteiger partial charge is 0.481 e. The maximum Gasteiger partial charge on any atom is 0.303 e. The van der Waals surface area contributed by atoms with E-state index in [1.54, 1.807) is 0 Å². The summed E-state index contributed by atoms with van der Waals surface area (Å²) in [5, 5.41) is 8.51. The highest BCUT2D eigenvalue weighted by molar-refractivity contribution is 5.66. The molecule has 0 radical (unpaired) electrons. The number of rotatable bonds is 12. The van der Waals surface area contributed by atoms with Crippen LogP contribution >= 0.6 is 0 Å². The van der Waals surface area contributed by atoms with Crippen LogP contribution in [-0.4, -0.2) is 11.1 Å². The molecule has 1 N–H and O–H groups in total. The lowest BCUT2D eigenvalue weighted by Gasteiger charge is -2.15. The van der Waals surface area contributed by atoms with E-state index in [2.05, 4.69) is 20.8 Å². The topological polar surface area (TPSA) is 37.3 Å². The van der Waals surface area contributed by atoms with E-state index in [4.69, 9.17) is 5.11 Å². The first-order valence-electron chi connectivity index (χ1n) is 7.78. The van der Waals surface area contributed by atoms with Crippen LogP contribution in [0.1, 0.15) is 85.0 Å². The van der Waals surface area contributed by atoms with Crippen molar-refractivity contribution in [2.45, 2.75) is 85.0 Å². The summed E-state index contributed by atoms with van der Waals surface area (Å²) in [6, 6.07) is 0. The molecule has 0 aromatic rings. The average Bonchev–Trinajstić information content (AvgIpc) is 2.31. The molecule has 0 fully saturated rings. The maximum atomic E-state index is 10.3. The highest BCUT2D eigenvalue weighted by Gasteiger charge is 2.06. The second kappa shape index (κ2) is 11.6. The van der Waals surface area contributed by atoms with E-state index in [0.717, 1.165) is 24.7 Å². The lowest BCUT2D eigenvalue weighted by molar-refractivity contribution is -0.137. The van der Waals surface area contributed by atoms with Crippen molar-refractivity contribution in [2.75, 3.05) is 0 Å². The third kappa shape index (κ3) is 11.9. The van der Waals surface area contributed by atoms with Gasteiger partial charge in [-0.1, -0.05) is 65.7 Å². The minimum Gasteiger partial charge on any atom is -0.481 e. The molecule has 0 bridgehead atoms. The Kier molecular flexibility index (Phi) is 11.2. The first kappa shape index (κ1) is 17.5. The van der Waals surface area contributed by atoms with Gasteiger partial charge in [0.2, 0.25) is 0 Å². The van der Waals surface area contributed by atoms with Gasteiger partial charge >= 0.3 is 5.97 Å². The molecule has 0 aliphatic carbocycles. The number of carboxylic acid groups (broad SMARTS) is 1. The second-order valence-electron chi connectivity index (χ2n) is 5.91. The molecule has 0 aliphatic heterocycles. The van der Waals surface area contributed by atoms with Gasteiger partial charge in [0.1, 0.15) is 0 Å². The van der Waals surface area contributed by atoms with Gasteiger partial charge in [-0.2, -0.15) is 0 Å². The summed E-state index contributed by atoms with van der Waals surface area (Å²) >= 11 is 0. The summed E-state index contributed by atoms with van der Waals surface area (Å²) in [5.41, 5.74) is 0.